The maximum absolute atomic E-state index is 5.33. The lowest BCUT2D eigenvalue weighted by molar-refractivity contribution is 1.18. The lowest BCUT2D eigenvalue weighted by Gasteiger charge is -2.15. The van der Waals surface area contributed by atoms with Crippen LogP contribution in [0.2, 0.25) is 0 Å². The molecule has 46 heavy (non-hydrogen) atoms. The van der Waals surface area contributed by atoms with E-state index in [-0.39, 0.29) is 0 Å². The Morgan fingerprint density at radius 3 is 1.70 bits per heavy atom. The molecule has 6 aromatic carbocycles. The van der Waals surface area contributed by atoms with Crippen LogP contribution in [0.25, 0.3) is 88.5 Å². The van der Waals surface area contributed by atoms with Crippen molar-refractivity contribution < 1.29 is 0 Å². The molecule has 0 atom stereocenters. The second-order valence-corrected chi connectivity index (χ2v) is 11.5. The zero-order valence-electron chi connectivity index (χ0n) is 24.8. The number of benzene rings is 6. The molecule has 4 heteroatoms. The maximum Gasteiger partial charge on any atom is 0.160 e. The molecule has 9 rings (SSSR count). The summed E-state index contributed by atoms with van der Waals surface area (Å²) in [6.45, 7) is 0. The molecule has 0 aliphatic rings. The van der Waals surface area contributed by atoms with Gasteiger partial charge in [-0.15, -0.1) is 0 Å². The fourth-order valence-electron chi connectivity index (χ4n) is 6.49. The minimum atomic E-state index is 0.662. The normalized spacial score (nSPS) is 11.5. The fourth-order valence-corrected chi connectivity index (χ4v) is 6.49. The quantitative estimate of drug-likeness (QED) is 0.193. The van der Waals surface area contributed by atoms with Crippen molar-refractivity contribution in [2.75, 3.05) is 0 Å². The van der Waals surface area contributed by atoms with Crippen molar-refractivity contribution in [3.8, 4) is 45.2 Å². The molecule has 0 aliphatic heterocycles. The molecule has 0 saturated carbocycles. The molecule has 0 saturated heterocycles. The summed E-state index contributed by atoms with van der Waals surface area (Å²) in [7, 11) is 0. The van der Waals surface area contributed by atoms with Gasteiger partial charge in [0.15, 0.2) is 5.82 Å². The summed E-state index contributed by atoms with van der Waals surface area (Å²) in [6.07, 6.45) is 1.88. The van der Waals surface area contributed by atoms with E-state index in [9.17, 15) is 0 Å². The van der Waals surface area contributed by atoms with Gasteiger partial charge in [-0.05, 0) is 23.6 Å². The van der Waals surface area contributed by atoms with Crippen molar-refractivity contribution in [2.24, 2.45) is 0 Å². The predicted octanol–water partition coefficient (Wildman–Crippen LogP) is 10.5. The number of pyridine rings is 2. The Kier molecular flexibility index (Phi) is 6.10. The van der Waals surface area contributed by atoms with Crippen LogP contribution >= 0.6 is 0 Å². The Hall–Kier alpha value is -6.26. The van der Waals surface area contributed by atoms with Gasteiger partial charge in [0.1, 0.15) is 0 Å². The maximum atomic E-state index is 5.33. The highest BCUT2D eigenvalue weighted by atomic mass is 14.9. The first-order chi connectivity index (χ1) is 22.8. The highest BCUT2D eigenvalue weighted by Gasteiger charge is 2.17. The summed E-state index contributed by atoms with van der Waals surface area (Å²) < 4.78 is 0. The van der Waals surface area contributed by atoms with Crippen LogP contribution in [-0.2, 0) is 0 Å². The zero-order chi connectivity index (χ0) is 30.5. The molecular weight excluding hydrogens is 560 g/mol. The first kappa shape index (κ1) is 26.2. The van der Waals surface area contributed by atoms with Gasteiger partial charge in [0.25, 0.3) is 0 Å². The van der Waals surface area contributed by atoms with Crippen LogP contribution in [0.5, 0.6) is 0 Å². The van der Waals surface area contributed by atoms with Crippen molar-refractivity contribution in [3.05, 3.63) is 158 Å². The molecule has 0 radical (unpaired) electrons. The van der Waals surface area contributed by atoms with E-state index in [4.69, 9.17) is 19.9 Å². The van der Waals surface area contributed by atoms with Gasteiger partial charge in [0, 0.05) is 55.4 Å². The second kappa shape index (κ2) is 10.7. The average molecular weight is 587 g/mol. The largest absolute Gasteiger partial charge is 0.256 e. The Bertz CT molecular complexity index is 2510. The van der Waals surface area contributed by atoms with Crippen LogP contribution in [0.3, 0.4) is 0 Å². The topological polar surface area (TPSA) is 51.6 Å². The molecule has 3 heterocycles. The third-order valence-corrected chi connectivity index (χ3v) is 8.68. The highest BCUT2D eigenvalue weighted by molar-refractivity contribution is 6.28. The van der Waals surface area contributed by atoms with Crippen LogP contribution < -0.4 is 0 Å². The minimum absolute atomic E-state index is 0.662. The number of nitrogens with zero attached hydrogens (tertiary/aromatic N) is 4. The van der Waals surface area contributed by atoms with E-state index in [1.807, 2.05) is 54.7 Å². The number of hydrogen-bond acceptors (Lipinski definition) is 4. The van der Waals surface area contributed by atoms with Gasteiger partial charge in [-0.2, -0.15) is 0 Å². The van der Waals surface area contributed by atoms with Crippen molar-refractivity contribution in [1.82, 2.24) is 19.9 Å². The minimum Gasteiger partial charge on any atom is -0.256 e. The Labute approximate surface area is 265 Å². The van der Waals surface area contributed by atoms with Crippen molar-refractivity contribution in [3.63, 3.8) is 0 Å². The zero-order valence-corrected chi connectivity index (χ0v) is 24.8. The first-order valence-corrected chi connectivity index (χ1v) is 15.4. The monoisotopic (exact) mass is 586 g/mol. The molecule has 0 fully saturated rings. The highest BCUT2D eigenvalue weighted by Crippen LogP contribution is 2.40. The summed E-state index contributed by atoms with van der Waals surface area (Å²) >= 11 is 0. The van der Waals surface area contributed by atoms with Crippen LogP contribution in [-0.4, -0.2) is 19.9 Å². The van der Waals surface area contributed by atoms with Crippen LogP contribution in [0.1, 0.15) is 0 Å². The Morgan fingerprint density at radius 1 is 0.391 bits per heavy atom. The lowest BCUT2D eigenvalue weighted by atomic mass is 9.93. The SMILES string of the molecule is c1ccc(-c2cc(-c3ccccc3)nc(-c3ccc4c(c3)nc(-c3ccccc3)c3ccc5ccc6cccnc6c5c34)n2)cc1. The summed E-state index contributed by atoms with van der Waals surface area (Å²) in [5.41, 5.74) is 8.66. The number of rotatable bonds is 4. The van der Waals surface area contributed by atoms with E-state index >= 15 is 0 Å². The summed E-state index contributed by atoms with van der Waals surface area (Å²) in [5.74, 6) is 0.662. The van der Waals surface area contributed by atoms with Gasteiger partial charge in [-0.3, -0.25) is 4.98 Å². The van der Waals surface area contributed by atoms with Gasteiger partial charge >= 0.3 is 0 Å². The van der Waals surface area contributed by atoms with Crippen LogP contribution in [0, 0.1) is 0 Å². The van der Waals surface area contributed by atoms with E-state index < -0.39 is 0 Å². The van der Waals surface area contributed by atoms with E-state index in [1.54, 1.807) is 0 Å². The number of hydrogen-bond donors (Lipinski definition) is 0. The van der Waals surface area contributed by atoms with Gasteiger partial charge in [-0.25, -0.2) is 15.0 Å². The molecule has 0 aliphatic carbocycles. The van der Waals surface area contributed by atoms with Crippen molar-refractivity contribution in [2.45, 2.75) is 0 Å². The molecule has 0 amide bonds. The van der Waals surface area contributed by atoms with Crippen molar-refractivity contribution in [1.29, 1.82) is 0 Å². The van der Waals surface area contributed by atoms with E-state index in [2.05, 4.69) is 103 Å². The Balaban J connectivity index is 1.35. The van der Waals surface area contributed by atoms with Crippen LogP contribution in [0.15, 0.2) is 158 Å². The van der Waals surface area contributed by atoms with Gasteiger partial charge in [0.2, 0.25) is 0 Å². The standard InChI is InChI=1S/C42H26N4/c1-4-11-27(12-5-1)35-26-36(28-13-6-2-7-14-28)46-42(45-35)32-21-22-33-37(25-32)44-40(30-15-8-3-9-16-30)34-23-20-29-18-19-31-17-10-24-43-41(31)38(29)39(33)34/h1-26H. The van der Waals surface area contributed by atoms with Gasteiger partial charge < -0.3 is 0 Å². The van der Waals surface area contributed by atoms with E-state index in [0.717, 1.165) is 82.7 Å². The van der Waals surface area contributed by atoms with Crippen molar-refractivity contribution >= 4 is 43.4 Å². The van der Waals surface area contributed by atoms with Gasteiger partial charge in [-0.1, -0.05) is 133 Å². The molecule has 0 bridgehead atoms. The molecule has 9 aromatic rings. The second-order valence-electron chi connectivity index (χ2n) is 11.5. The third kappa shape index (κ3) is 4.39. The summed E-state index contributed by atoms with van der Waals surface area (Å²) in [4.78, 5) is 20.4. The van der Waals surface area contributed by atoms with E-state index in [1.165, 1.54) is 0 Å². The third-order valence-electron chi connectivity index (χ3n) is 8.68. The predicted molar refractivity (Wildman–Crippen MR) is 189 cm³/mol. The first-order valence-electron chi connectivity index (χ1n) is 15.4. The Morgan fingerprint density at radius 2 is 1.00 bits per heavy atom. The molecule has 3 aromatic heterocycles. The molecule has 214 valence electrons. The van der Waals surface area contributed by atoms with Gasteiger partial charge in [0.05, 0.1) is 28.1 Å². The molecule has 0 N–H and O–H groups in total. The lowest BCUT2D eigenvalue weighted by Crippen LogP contribution is -1.97. The number of fused-ring (bicyclic) bond motifs is 7. The molecule has 4 nitrogen and oxygen atoms in total. The van der Waals surface area contributed by atoms with E-state index in [0.29, 0.717) is 5.82 Å². The molecule has 0 spiro atoms. The smallest absolute Gasteiger partial charge is 0.160 e. The summed E-state index contributed by atoms with van der Waals surface area (Å²) in [5, 5.41) is 6.74. The number of aromatic nitrogens is 4. The van der Waals surface area contributed by atoms with Crippen LogP contribution in [0.4, 0.5) is 0 Å². The average Bonchev–Trinajstić information content (AvgIpc) is 3.14. The fraction of sp³-hybridized carbons (Fsp3) is 0. The summed E-state index contributed by atoms with van der Waals surface area (Å²) in [6, 6.07) is 52.3. The molecule has 0 unspecified atom stereocenters. The molecular formula is C42H26N4.